The number of amides is 2. The van der Waals surface area contributed by atoms with Crippen LogP contribution in [0.4, 0.5) is 0 Å². The third kappa shape index (κ3) is 5.53. The van der Waals surface area contributed by atoms with E-state index < -0.39 is 46.8 Å². The number of aromatic hydroxyl groups is 4. The molecule has 10 nitrogen and oxygen atoms in total. The van der Waals surface area contributed by atoms with E-state index in [4.69, 9.17) is 0 Å². The van der Waals surface area contributed by atoms with E-state index in [9.17, 15) is 39.9 Å². The number of phenolic OH excluding ortho intramolecular Hbond substituents is 4. The number of carbonyl (C=O) groups is 3. The summed E-state index contributed by atoms with van der Waals surface area (Å²) in [5.74, 6) is -4.79. The molecule has 10 heteroatoms. The molecule has 0 bridgehead atoms. The quantitative estimate of drug-likeness (QED) is 0.235. The van der Waals surface area contributed by atoms with Crippen molar-refractivity contribution in [3.8, 4) is 23.0 Å². The number of hydrogen-bond donors (Lipinski definition) is 7. The van der Waals surface area contributed by atoms with Gasteiger partial charge in [0.1, 0.15) is 6.04 Å². The van der Waals surface area contributed by atoms with Gasteiger partial charge in [0.2, 0.25) is 0 Å². The number of unbranched alkanes of at least 4 members (excludes halogenated alkanes) is 1. The van der Waals surface area contributed by atoms with Crippen molar-refractivity contribution in [2.75, 3.05) is 6.54 Å². The largest absolute Gasteiger partial charge is 0.504 e. The predicted molar refractivity (Wildman–Crippen MR) is 105 cm³/mol. The van der Waals surface area contributed by atoms with E-state index in [1.807, 2.05) is 0 Å². The first kappa shape index (κ1) is 22.3. The molecule has 2 rings (SSSR count). The minimum absolute atomic E-state index is 0.0634. The molecule has 2 aromatic rings. The van der Waals surface area contributed by atoms with Crippen LogP contribution in [0.1, 0.15) is 40.0 Å². The molecule has 160 valence electrons. The van der Waals surface area contributed by atoms with Crippen molar-refractivity contribution in [2.24, 2.45) is 0 Å². The minimum Gasteiger partial charge on any atom is -0.504 e. The molecular formula is C20H22N2O8. The zero-order chi connectivity index (χ0) is 22.3. The Morgan fingerprint density at radius 3 is 1.87 bits per heavy atom. The first-order chi connectivity index (χ1) is 14.2. The van der Waals surface area contributed by atoms with Gasteiger partial charge >= 0.3 is 5.97 Å². The maximum Gasteiger partial charge on any atom is 0.326 e. The molecule has 0 unspecified atom stereocenters. The molecular weight excluding hydrogens is 396 g/mol. The van der Waals surface area contributed by atoms with E-state index in [2.05, 4.69) is 10.6 Å². The Balaban J connectivity index is 1.83. The number of hydrogen-bond acceptors (Lipinski definition) is 7. The number of aliphatic carboxylic acids is 1. The molecule has 0 heterocycles. The smallest absolute Gasteiger partial charge is 0.326 e. The topological polar surface area (TPSA) is 176 Å². The van der Waals surface area contributed by atoms with Gasteiger partial charge in [-0.1, -0.05) is 12.1 Å². The summed E-state index contributed by atoms with van der Waals surface area (Å²) in [6.45, 7) is 0.182. The summed E-state index contributed by atoms with van der Waals surface area (Å²) in [6, 6.07) is 6.53. The molecule has 0 aliphatic heterocycles. The van der Waals surface area contributed by atoms with Gasteiger partial charge in [-0.25, -0.2) is 4.79 Å². The van der Waals surface area contributed by atoms with Crippen LogP contribution in [0.2, 0.25) is 0 Å². The highest BCUT2D eigenvalue weighted by atomic mass is 16.4. The third-order valence-corrected chi connectivity index (χ3v) is 4.33. The number of carboxylic acids is 1. The molecule has 2 aromatic carbocycles. The second-order valence-electron chi connectivity index (χ2n) is 6.46. The first-order valence-corrected chi connectivity index (χ1v) is 9.06. The summed E-state index contributed by atoms with van der Waals surface area (Å²) >= 11 is 0. The van der Waals surface area contributed by atoms with Gasteiger partial charge in [-0.05, 0) is 43.5 Å². The minimum atomic E-state index is -1.27. The molecule has 0 fully saturated rings. The number of para-hydroxylation sites is 2. The van der Waals surface area contributed by atoms with Crippen molar-refractivity contribution in [3.63, 3.8) is 0 Å². The number of phenols is 4. The summed E-state index contributed by atoms with van der Waals surface area (Å²) < 4.78 is 0. The summed E-state index contributed by atoms with van der Waals surface area (Å²) in [5.41, 5.74) is -0.337. The Bertz CT molecular complexity index is 944. The molecule has 0 radical (unpaired) electrons. The van der Waals surface area contributed by atoms with Crippen LogP contribution in [-0.2, 0) is 4.79 Å². The summed E-state index contributed by atoms with van der Waals surface area (Å²) in [7, 11) is 0. The number of rotatable bonds is 9. The average molecular weight is 418 g/mol. The van der Waals surface area contributed by atoms with E-state index in [0.717, 1.165) is 0 Å². The third-order valence-electron chi connectivity index (χ3n) is 4.33. The lowest BCUT2D eigenvalue weighted by molar-refractivity contribution is -0.139. The first-order valence-electron chi connectivity index (χ1n) is 9.06. The van der Waals surface area contributed by atoms with Crippen molar-refractivity contribution in [1.82, 2.24) is 10.6 Å². The normalized spacial score (nSPS) is 11.5. The zero-order valence-corrected chi connectivity index (χ0v) is 15.8. The fourth-order valence-corrected chi connectivity index (χ4v) is 2.69. The van der Waals surface area contributed by atoms with Crippen LogP contribution >= 0.6 is 0 Å². The second-order valence-corrected chi connectivity index (χ2v) is 6.46. The van der Waals surface area contributed by atoms with Gasteiger partial charge in [0, 0.05) is 6.54 Å². The molecule has 7 N–H and O–H groups in total. The summed E-state index contributed by atoms with van der Waals surface area (Å²) in [4.78, 5) is 35.6. The molecule has 30 heavy (non-hydrogen) atoms. The van der Waals surface area contributed by atoms with E-state index in [0.29, 0.717) is 12.8 Å². The Kier molecular flexibility index (Phi) is 7.45. The highest BCUT2D eigenvalue weighted by molar-refractivity contribution is 5.99. The number of benzene rings is 2. The van der Waals surface area contributed by atoms with Crippen LogP contribution < -0.4 is 10.6 Å². The SMILES string of the molecule is O=C(NCCCC[C@H](NC(=O)c1cccc(O)c1O)C(=O)O)c1cccc(O)c1O. The predicted octanol–water partition coefficient (Wildman–Crippen LogP) is 1.29. The Morgan fingerprint density at radius 1 is 0.800 bits per heavy atom. The summed E-state index contributed by atoms with van der Waals surface area (Å²) in [5, 5.41) is 52.4. The molecule has 0 saturated heterocycles. The fraction of sp³-hybridized carbons (Fsp3) is 0.250. The highest BCUT2D eigenvalue weighted by Crippen LogP contribution is 2.28. The number of carboxylic acid groups (broad SMARTS) is 1. The van der Waals surface area contributed by atoms with Crippen molar-refractivity contribution >= 4 is 17.8 Å². The van der Waals surface area contributed by atoms with Gasteiger partial charge in [-0.15, -0.1) is 0 Å². The van der Waals surface area contributed by atoms with Crippen LogP contribution in [0.25, 0.3) is 0 Å². The standard InChI is InChI=1S/C20H22N2O8/c23-14-8-3-5-11(16(14)25)18(27)21-10-2-1-7-13(20(29)30)22-19(28)12-6-4-9-15(24)17(12)26/h3-6,8-9,13,23-26H,1-2,7,10H2,(H,21,27)(H,22,28)(H,29,30)/t13-/m0/s1. The number of carbonyl (C=O) groups excluding carboxylic acids is 2. The Morgan fingerprint density at radius 2 is 1.33 bits per heavy atom. The molecule has 1 atom stereocenters. The van der Waals surface area contributed by atoms with Gasteiger partial charge in [-0.3, -0.25) is 9.59 Å². The van der Waals surface area contributed by atoms with Crippen LogP contribution in [0.5, 0.6) is 23.0 Å². The van der Waals surface area contributed by atoms with Crippen molar-refractivity contribution in [3.05, 3.63) is 47.5 Å². The van der Waals surface area contributed by atoms with Gasteiger partial charge in [0.15, 0.2) is 23.0 Å². The lowest BCUT2D eigenvalue weighted by Gasteiger charge is -2.15. The number of nitrogens with one attached hydrogen (secondary N) is 2. The summed E-state index contributed by atoms with van der Waals surface area (Å²) in [6.07, 6.45) is 0.797. The Labute approximate surface area is 171 Å². The van der Waals surface area contributed by atoms with Crippen molar-refractivity contribution in [1.29, 1.82) is 0 Å². The Hall–Kier alpha value is -3.95. The van der Waals surface area contributed by atoms with Crippen LogP contribution in [0, 0.1) is 0 Å². The lowest BCUT2D eigenvalue weighted by atomic mass is 10.1. The van der Waals surface area contributed by atoms with E-state index >= 15 is 0 Å². The highest BCUT2D eigenvalue weighted by Gasteiger charge is 2.22. The van der Waals surface area contributed by atoms with E-state index in [1.54, 1.807) is 0 Å². The maximum absolute atomic E-state index is 12.2. The van der Waals surface area contributed by atoms with Gasteiger partial charge in [0.25, 0.3) is 11.8 Å². The van der Waals surface area contributed by atoms with Gasteiger partial charge < -0.3 is 36.2 Å². The van der Waals surface area contributed by atoms with Gasteiger partial charge in [0.05, 0.1) is 11.1 Å². The molecule has 0 spiro atoms. The lowest BCUT2D eigenvalue weighted by Crippen LogP contribution is -2.40. The second kappa shape index (κ2) is 10.0. The molecule has 0 aromatic heterocycles. The van der Waals surface area contributed by atoms with E-state index in [-0.39, 0.29) is 24.1 Å². The fourth-order valence-electron chi connectivity index (χ4n) is 2.69. The van der Waals surface area contributed by atoms with Crippen LogP contribution in [0.3, 0.4) is 0 Å². The monoisotopic (exact) mass is 418 g/mol. The van der Waals surface area contributed by atoms with Crippen LogP contribution in [-0.4, -0.2) is 55.9 Å². The average Bonchev–Trinajstić information content (AvgIpc) is 2.70. The molecule has 2 amide bonds. The van der Waals surface area contributed by atoms with Crippen molar-refractivity contribution < 1.29 is 39.9 Å². The van der Waals surface area contributed by atoms with Gasteiger partial charge in [-0.2, -0.15) is 0 Å². The maximum atomic E-state index is 12.2. The zero-order valence-electron chi connectivity index (χ0n) is 15.8. The molecule has 0 aliphatic carbocycles. The van der Waals surface area contributed by atoms with Crippen LogP contribution in [0.15, 0.2) is 36.4 Å². The van der Waals surface area contributed by atoms with E-state index in [1.165, 1.54) is 36.4 Å². The van der Waals surface area contributed by atoms with Crippen molar-refractivity contribution in [2.45, 2.75) is 25.3 Å². The molecule has 0 saturated carbocycles. The molecule has 0 aliphatic rings.